The normalized spacial score (nSPS) is 13.5. The van der Waals surface area contributed by atoms with E-state index in [0.29, 0.717) is 11.3 Å². The van der Waals surface area contributed by atoms with Gasteiger partial charge in [0, 0.05) is 23.7 Å². The second kappa shape index (κ2) is 7.12. The van der Waals surface area contributed by atoms with E-state index in [0.717, 1.165) is 27.9 Å². The van der Waals surface area contributed by atoms with Crippen molar-refractivity contribution in [3.05, 3.63) is 89.5 Å². The van der Waals surface area contributed by atoms with Crippen molar-refractivity contribution < 1.29 is 9.59 Å². The van der Waals surface area contributed by atoms with Gasteiger partial charge in [-0.1, -0.05) is 48.5 Å². The standard InChI is InChI=1S/C23H19N3O2/c1-26-20-11-10-16(15-6-3-2-4-7-15)13-19(20)22(25-14-21(26)27)17-8-5-9-18(12-17)23(24)28/h2-13H,14H2,1H3,(H2,24,28). The van der Waals surface area contributed by atoms with E-state index in [2.05, 4.69) is 4.99 Å². The van der Waals surface area contributed by atoms with Crippen LogP contribution in [0.25, 0.3) is 11.1 Å². The van der Waals surface area contributed by atoms with Gasteiger partial charge in [0.2, 0.25) is 11.8 Å². The molecule has 0 fully saturated rings. The van der Waals surface area contributed by atoms with Gasteiger partial charge in [-0.15, -0.1) is 0 Å². The maximum absolute atomic E-state index is 12.4. The molecular weight excluding hydrogens is 350 g/mol. The van der Waals surface area contributed by atoms with Gasteiger partial charge < -0.3 is 10.6 Å². The fourth-order valence-electron chi connectivity index (χ4n) is 3.37. The average Bonchev–Trinajstić information content (AvgIpc) is 2.85. The maximum atomic E-state index is 12.4. The van der Waals surface area contributed by atoms with Gasteiger partial charge >= 0.3 is 0 Å². The third kappa shape index (κ3) is 3.18. The molecule has 0 atom stereocenters. The number of carbonyl (C=O) groups is 2. The molecule has 1 aliphatic rings. The predicted molar refractivity (Wildman–Crippen MR) is 111 cm³/mol. The molecule has 5 heteroatoms. The van der Waals surface area contributed by atoms with Gasteiger partial charge in [0.15, 0.2) is 0 Å². The highest BCUT2D eigenvalue weighted by molar-refractivity contribution is 6.20. The van der Waals surface area contributed by atoms with Crippen LogP contribution < -0.4 is 10.6 Å². The SMILES string of the molecule is CN1C(=O)CN=C(c2cccc(C(N)=O)c2)c2cc(-c3ccccc3)ccc21. The Hall–Kier alpha value is -3.73. The summed E-state index contributed by atoms with van der Waals surface area (Å²) in [5, 5.41) is 0. The van der Waals surface area contributed by atoms with Crippen molar-refractivity contribution in [3.63, 3.8) is 0 Å². The summed E-state index contributed by atoms with van der Waals surface area (Å²) in [6, 6.07) is 23.0. The summed E-state index contributed by atoms with van der Waals surface area (Å²) in [4.78, 5) is 30.2. The number of benzodiazepines with no additional fused rings is 1. The summed E-state index contributed by atoms with van der Waals surface area (Å²) in [5.41, 5.74) is 11.0. The summed E-state index contributed by atoms with van der Waals surface area (Å²) in [7, 11) is 1.75. The highest BCUT2D eigenvalue weighted by atomic mass is 16.2. The smallest absolute Gasteiger partial charge is 0.248 e. The molecule has 0 saturated carbocycles. The number of benzene rings is 3. The topological polar surface area (TPSA) is 75.8 Å². The van der Waals surface area contributed by atoms with Crippen LogP contribution in [0, 0.1) is 0 Å². The van der Waals surface area contributed by atoms with Gasteiger partial charge in [0.25, 0.3) is 0 Å². The highest BCUT2D eigenvalue weighted by Gasteiger charge is 2.23. The number of fused-ring (bicyclic) bond motifs is 1. The second-order valence-electron chi connectivity index (χ2n) is 6.66. The van der Waals surface area contributed by atoms with Gasteiger partial charge in [-0.05, 0) is 35.4 Å². The van der Waals surface area contributed by atoms with E-state index in [1.165, 1.54) is 0 Å². The number of amides is 2. The number of nitrogens with two attached hydrogens (primary N) is 1. The van der Waals surface area contributed by atoms with E-state index >= 15 is 0 Å². The summed E-state index contributed by atoms with van der Waals surface area (Å²) in [6.45, 7) is 0.0436. The van der Waals surface area contributed by atoms with Gasteiger partial charge in [-0.2, -0.15) is 0 Å². The van der Waals surface area contributed by atoms with Gasteiger partial charge in [0.05, 0.1) is 11.4 Å². The van der Waals surface area contributed by atoms with E-state index in [-0.39, 0.29) is 12.5 Å². The zero-order chi connectivity index (χ0) is 19.7. The first-order valence-electron chi connectivity index (χ1n) is 8.95. The minimum Gasteiger partial charge on any atom is -0.366 e. The van der Waals surface area contributed by atoms with Crippen molar-refractivity contribution in [2.75, 3.05) is 18.5 Å². The number of rotatable bonds is 3. The molecule has 3 aromatic rings. The first kappa shape index (κ1) is 17.7. The largest absolute Gasteiger partial charge is 0.366 e. The first-order chi connectivity index (χ1) is 13.5. The molecule has 0 unspecified atom stereocenters. The zero-order valence-corrected chi connectivity index (χ0v) is 15.4. The van der Waals surface area contributed by atoms with Crippen LogP contribution >= 0.6 is 0 Å². The highest BCUT2D eigenvalue weighted by Crippen LogP contribution is 2.31. The fraction of sp³-hybridized carbons (Fsp3) is 0.0870. The van der Waals surface area contributed by atoms with Crippen LogP contribution in [-0.2, 0) is 4.79 Å². The Kier molecular flexibility index (Phi) is 4.49. The molecule has 1 heterocycles. The quantitative estimate of drug-likeness (QED) is 0.769. The van der Waals surface area contributed by atoms with Crippen molar-refractivity contribution in [2.24, 2.45) is 10.7 Å². The lowest BCUT2D eigenvalue weighted by Gasteiger charge is -2.19. The molecule has 138 valence electrons. The molecule has 0 aliphatic carbocycles. The lowest BCUT2D eigenvalue weighted by atomic mass is 9.95. The van der Waals surface area contributed by atoms with Crippen molar-refractivity contribution in [1.82, 2.24) is 0 Å². The van der Waals surface area contributed by atoms with Crippen LogP contribution in [0.2, 0.25) is 0 Å². The Morgan fingerprint density at radius 3 is 2.43 bits per heavy atom. The molecule has 0 bridgehead atoms. The Balaban J connectivity index is 1.91. The molecule has 2 amide bonds. The lowest BCUT2D eigenvalue weighted by Crippen LogP contribution is -2.27. The Labute approximate surface area is 163 Å². The van der Waals surface area contributed by atoms with Crippen molar-refractivity contribution in [1.29, 1.82) is 0 Å². The summed E-state index contributed by atoms with van der Waals surface area (Å²) in [5.74, 6) is -0.586. The van der Waals surface area contributed by atoms with Crippen molar-refractivity contribution >= 4 is 23.2 Å². The monoisotopic (exact) mass is 369 g/mol. The average molecular weight is 369 g/mol. The third-order valence-electron chi connectivity index (χ3n) is 4.89. The van der Waals surface area contributed by atoms with E-state index in [1.54, 1.807) is 30.1 Å². The number of nitrogens with zero attached hydrogens (tertiary/aromatic N) is 2. The molecule has 28 heavy (non-hydrogen) atoms. The number of anilines is 1. The molecule has 2 N–H and O–H groups in total. The molecular formula is C23H19N3O2. The van der Waals surface area contributed by atoms with E-state index in [9.17, 15) is 9.59 Å². The Morgan fingerprint density at radius 2 is 1.68 bits per heavy atom. The predicted octanol–water partition coefficient (Wildman–Crippen LogP) is 3.27. The summed E-state index contributed by atoms with van der Waals surface area (Å²) >= 11 is 0. The lowest BCUT2D eigenvalue weighted by molar-refractivity contribution is -0.116. The van der Waals surface area contributed by atoms with Crippen LogP contribution in [0.15, 0.2) is 77.8 Å². The summed E-state index contributed by atoms with van der Waals surface area (Å²) in [6.07, 6.45) is 0. The van der Waals surface area contributed by atoms with Crippen LogP contribution in [0.5, 0.6) is 0 Å². The first-order valence-corrected chi connectivity index (χ1v) is 8.95. The van der Waals surface area contributed by atoms with Crippen LogP contribution in [0.1, 0.15) is 21.5 Å². The zero-order valence-electron chi connectivity index (χ0n) is 15.4. The van der Waals surface area contributed by atoms with Crippen molar-refractivity contribution in [3.8, 4) is 11.1 Å². The number of carbonyl (C=O) groups excluding carboxylic acids is 2. The molecule has 0 aromatic heterocycles. The maximum Gasteiger partial charge on any atom is 0.248 e. The van der Waals surface area contributed by atoms with Gasteiger partial charge in [-0.3, -0.25) is 14.6 Å². The number of primary amides is 1. The molecule has 3 aromatic carbocycles. The van der Waals surface area contributed by atoms with Gasteiger partial charge in [-0.25, -0.2) is 0 Å². The Morgan fingerprint density at radius 1 is 0.929 bits per heavy atom. The molecule has 4 rings (SSSR count). The van der Waals surface area contributed by atoms with E-state index in [1.807, 2.05) is 54.6 Å². The van der Waals surface area contributed by atoms with E-state index < -0.39 is 5.91 Å². The van der Waals surface area contributed by atoms with Crippen LogP contribution in [-0.4, -0.2) is 31.1 Å². The minimum atomic E-state index is -0.498. The summed E-state index contributed by atoms with van der Waals surface area (Å²) < 4.78 is 0. The Bertz CT molecular complexity index is 1100. The second-order valence-corrected chi connectivity index (χ2v) is 6.66. The molecule has 1 aliphatic heterocycles. The van der Waals surface area contributed by atoms with Gasteiger partial charge in [0.1, 0.15) is 6.54 Å². The number of hydrogen-bond acceptors (Lipinski definition) is 3. The fourth-order valence-corrected chi connectivity index (χ4v) is 3.37. The number of aliphatic imine (C=N–C) groups is 1. The van der Waals surface area contributed by atoms with E-state index in [4.69, 9.17) is 5.73 Å². The van der Waals surface area contributed by atoms with Crippen molar-refractivity contribution in [2.45, 2.75) is 0 Å². The molecule has 0 spiro atoms. The number of hydrogen-bond donors (Lipinski definition) is 1. The third-order valence-corrected chi connectivity index (χ3v) is 4.89. The molecule has 0 radical (unpaired) electrons. The van der Waals surface area contributed by atoms with Crippen LogP contribution in [0.3, 0.4) is 0 Å². The van der Waals surface area contributed by atoms with Crippen LogP contribution in [0.4, 0.5) is 5.69 Å². The number of likely N-dealkylation sites (N-methyl/N-ethyl adjacent to an activating group) is 1. The molecule has 0 saturated heterocycles. The molecule has 5 nitrogen and oxygen atoms in total. The minimum absolute atomic E-state index is 0.0436.